The van der Waals surface area contributed by atoms with Crippen molar-refractivity contribution in [3.63, 3.8) is 0 Å². The highest BCUT2D eigenvalue weighted by molar-refractivity contribution is 5.71. The van der Waals surface area contributed by atoms with Gasteiger partial charge < -0.3 is 28.5 Å². The number of allylic oxidation sites excluding steroid dienone is 2. The molecular formula is C49H94NO8+. The number of rotatable bonds is 45. The second-order valence-corrected chi connectivity index (χ2v) is 17.8. The third kappa shape index (κ3) is 42.2. The number of carbonyl (C=O) groups excluding carboxylic acids is 2. The molecule has 0 radical (unpaired) electrons. The standard InChI is InChI=1S/C49H93NO8/c1-6-8-10-12-14-16-18-19-20-21-22-23-24-25-26-27-28-29-30-32-33-35-37-39-46(51)56-43-45(44-57-49(48(53)54)55-42-41-50(3,4)5)58-47(52)40-38-36-34-31-17-15-13-11-9-7-2/h11,13,45,49H,6-10,12,14-44H2,1-5H3/p+1/b13-11-. The lowest BCUT2D eigenvalue weighted by molar-refractivity contribution is -0.870. The van der Waals surface area contributed by atoms with Gasteiger partial charge in [-0.3, -0.25) is 9.59 Å². The van der Waals surface area contributed by atoms with E-state index < -0.39 is 24.3 Å². The van der Waals surface area contributed by atoms with E-state index in [0.29, 0.717) is 23.9 Å². The maximum atomic E-state index is 12.7. The number of unbranched alkanes of at least 4 members (excludes halogenated alkanes) is 28. The van der Waals surface area contributed by atoms with Gasteiger partial charge in [-0.15, -0.1) is 0 Å². The maximum absolute atomic E-state index is 12.7. The van der Waals surface area contributed by atoms with Crippen LogP contribution < -0.4 is 0 Å². The zero-order valence-corrected chi connectivity index (χ0v) is 38.7. The van der Waals surface area contributed by atoms with Gasteiger partial charge >= 0.3 is 17.9 Å². The Morgan fingerprint density at radius 3 is 1.34 bits per heavy atom. The molecular weight excluding hydrogens is 731 g/mol. The zero-order valence-electron chi connectivity index (χ0n) is 38.7. The Balaban J connectivity index is 4.18. The minimum absolute atomic E-state index is 0.180. The van der Waals surface area contributed by atoms with E-state index in [1.54, 1.807) is 0 Å². The summed E-state index contributed by atoms with van der Waals surface area (Å²) in [6.45, 7) is 4.82. The van der Waals surface area contributed by atoms with Crippen LogP contribution in [0.2, 0.25) is 0 Å². The van der Waals surface area contributed by atoms with Gasteiger partial charge in [0.05, 0.1) is 34.4 Å². The maximum Gasteiger partial charge on any atom is 0.361 e. The van der Waals surface area contributed by atoms with Crippen LogP contribution in [0, 0.1) is 0 Å². The number of nitrogens with zero attached hydrogens (tertiary/aromatic N) is 1. The molecule has 342 valence electrons. The summed E-state index contributed by atoms with van der Waals surface area (Å²) in [4.78, 5) is 37.1. The molecule has 0 saturated carbocycles. The third-order valence-corrected chi connectivity index (χ3v) is 10.8. The molecule has 9 nitrogen and oxygen atoms in total. The number of ether oxygens (including phenoxy) is 4. The molecule has 0 amide bonds. The second kappa shape index (κ2) is 41.8. The Bertz CT molecular complexity index is 965. The molecule has 0 aliphatic heterocycles. The summed E-state index contributed by atoms with van der Waals surface area (Å²) in [6.07, 6.45) is 41.5. The zero-order chi connectivity index (χ0) is 42.8. The first-order valence-electron chi connectivity index (χ1n) is 24.4. The average Bonchev–Trinajstić information content (AvgIpc) is 3.18. The quantitative estimate of drug-likeness (QED) is 0.0213. The van der Waals surface area contributed by atoms with Crippen molar-refractivity contribution in [2.75, 3.05) is 47.5 Å². The van der Waals surface area contributed by atoms with E-state index in [0.717, 1.165) is 57.8 Å². The molecule has 58 heavy (non-hydrogen) atoms. The van der Waals surface area contributed by atoms with Crippen molar-refractivity contribution in [2.24, 2.45) is 0 Å². The Labute approximate surface area is 357 Å². The highest BCUT2D eigenvalue weighted by Gasteiger charge is 2.25. The summed E-state index contributed by atoms with van der Waals surface area (Å²) in [6, 6.07) is 0. The van der Waals surface area contributed by atoms with Crippen LogP contribution in [0.5, 0.6) is 0 Å². The molecule has 0 rings (SSSR count). The topological polar surface area (TPSA) is 108 Å². The smallest absolute Gasteiger partial charge is 0.361 e. The summed E-state index contributed by atoms with van der Waals surface area (Å²) in [5.74, 6) is -2.01. The van der Waals surface area contributed by atoms with Gasteiger partial charge in [0.2, 0.25) is 0 Å². The van der Waals surface area contributed by atoms with Gasteiger partial charge in [-0.05, 0) is 32.1 Å². The summed E-state index contributed by atoms with van der Waals surface area (Å²) in [5, 5.41) is 9.62. The molecule has 0 bridgehead atoms. The molecule has 0 aromatic carbocycles. The number of hydrogen-bond donors (Lipinski definition) is 1. The van der Waals surface area contributed by atoms with E-state index in [4.69, 9.17) is 18.9 Å². The van der Waals surface area contributed by atoms with Crippen molar-refractivity contribution in [1.29, 1.82) is 0 Å². The van der Waals surface area contributed by atoms with E-state index in [-0.39, 0.29) is 32.2 Å². The number of carbonyl (C=O) groups is 3. The van der Waals surface area contributed by atoms with E-state index >= 15 is 0 Å². The fourth-order valence-corrected chi connectivity index (χ4v) is 6.96. The molecule has 1 N–H and O–H groups in total. The number of quaternary nitrogens is 1. The fourth-order valence-electron chi connectivity index (χ4n) is 6.96. The third-order valence-electron chi connectivity index (χ3n) is 10.8. The van der Waals surface area contributed by atoms with Crippen LogP contribution in [-0.2, 0) is 33.3 Å². The molecule has 0 aromatic rings. The van der Waals surface area contributed by atoms with Crippen LogP contribution >= 0.6 is 0 Å². The lowest BCUT2D eigenvalue weighted by Crippen LogP contribution is -2.40. The van der Waals surface area contributed by atoms with E-state index in [9.17, 15) is 19.5 Å². The van der Waals surface area contributed by atoms with Crippen LogP contribution in [0.4, 0.5) is 0 Å². The Hall–Kier alpha value is -1.97. The molecule has 0 fully saturated rings. The molecule has 2 atom stereocenters. The number of carboxylic acid groups (broad SMARTS) is 1. The average molecular weight is 825 g/mol. The van der Waals surface area contributed by atoms with Crippen LogP contribution in [0.1, 0.15) is 226 Å². The molecule has 0 aliphatic carbocycles. The van der Waals surface area contributed by atoms with Gasteiger partial charge in [-0.1, -0.05) is 193 Å². The summed E-state index contributed by atoms with van der Waals surface area (Å²) >= 11 is 0. The lowest BCUT2D eigenvalue weighted by Gasteiger charge is -2.25. The predicted octanol–water partition coefficient (Wildman–Crippen LogP) is 13.1. The number of carboxylic acids is 1. The highest BCUT2D eigenvalue weighted by atomic mass is 16.7. The Morgan fingerprint density at radius 2 is 0.914 bits per heavy atom. The van der Waals surface area contributed by atoms with Crippen LogP contribution in [0.3, 0.4) is 0 Å². The molecule has 0 aliphatic rings. The lowest BCUT2D eigenvalue weighted by atomic mass is 10.0. The normalized spacial score (nSPS) is 12.9. The van der Waals surface area contributed by atoms with E-state index in [1.165, 1.54) is 135 Å². The predicted molar refractivity (Wildman–Crippen MR) is 240 cm³/mol. The minimum atomic E-state index is -1.51. The summed E-state index contributed by atoms with van der Waals surface area (Å²) in [7, 11) is 5.96. The first-order valence-corrected chi connectivity index (χ1v) is 24.4. The minimum Gasteiger partial charge on any atom is -0.477 e. The van der Waals surface area contributed by atoms with Crippen molar-refractivity contribution < 1.29 is 42.9 Å². The number of hydrogen-bond acceptors (Lipinski definition) is 7. The van der Waals surface area contributed by atoms with Crippen molar-refractivity contribution in [2.45, 2.75) is 238 Å². The summed E-state index contributed by atoms with van der Waals surface area (Å²) < 4.78 is 22.7. The number of likely N-dealkylation sites (N-methyl/N-ethyl adjacent to an activating group) is 1. The summed E-state index contributed by atoms with van der Waals surface area (Å²) in [5.41, 5.74) is 0. The van der Waals surface area contributed by atoms with Gasteiger partial charge in [0.1, 0.15) is 13.2 Å². The second-order valence-electron chi connectivity index (χ2n) is 17.8. The highest BCUT2D eigenvalue weighted by Crippen LogP contribution is 2.16. The first kappa shape index (κ1) is 56.0. The Kier molecular flexibility index (Phi) is 40.3. The van der Waals surface area contributed by atoms with Gasteiger partial charge in [0, 0.05) is 12.8 Å². The van der Waals surface area contributed by atoms with Gasteiger partial charge in [0.15, 0.2) is 6.10 Å². The van der Waals surface area contributed by atoms with Crippen molar-refractivity contribution in [1.82, 2.24) is 0 Å². The number of esters is 2. The van der Waals surface area contributed by atoms with E-state index in [1.807, 2.05) is 21.1 Å². The Morgan fingerprint density at radius 1 is 0.500 bits per heavy atom. The monoisotopic (exact) mass is 825 g/mol. The van der Waals surface area contributed by atoms with Crippen molar-refractivity contribution >= 4 is 17.9 Å². The van der Waals surface area contributed by atoms with Crippen LogP contribution in [0.15, 0.2) is 12.2 Å². The van der Waals surface area contributed by atoms with Crippen LogP contribution in [0.25, 0.3) is 0 Å². The van der Waals surface area contributed by atoms with Crippen molar-refractivity contribution in [3.8, 4) is 0 Å². The SMILES string of the molecule is CCC/C=C\CCCCCCCC(=O)OC(COC(=O)CCCCCCCCCCCCCCCCCCCCCCCCC)COC(OCC[N+](C)(C)C)C(=O)O. The molecule has 0 aromatic heterocycles. The molecule has 2 unspecified atom stereocenters. The first-order chi connectivity index (χ1) is 28.1. The molecule has 9 heteroatoms. The van der Waals surface area contributed by atoms with Crippen LogP contribution in [-0.4, -0.2) is 87.4 Å². The fraction of sp³-hybridized carbons (Fsp3) is 0.898. The van der Waals surface area contributed by atoms with Gasteiger partial charge in [0.25, 0.3) is 6.29 Å². The van der Waals surface area contributed by atoms with Gasteiger partial charge in [-0.25, -0.2) is 4.79 Å². The molecule has 0 heterocycles. The number of aliphatic carboxylic acids is 1. The largest absolute Gasteiger partial charge is 0.477 e. The van der Waals surface area contributed by atoms with Crippen molar-refractivity contribution in [3.05, 3.63) is 12.2 Å². The molecule has 0 saturated heterocycles. The van der Waals surface area contributed by atoms with E-state index in [2.05, 4.69) is 26.0 Å². The van der Waals surface area contributed by atoms with Gasteiger partial charge in [-0.2, -0.15) is 0 Å². The molecule has 0 spiro atoms.